The van der Waals surface area contributed by atoms with E-state index in [9.17, 15) is 9.90 Å². The molecule has 0 atom stereocenters. The molecule has 0 aromatic heterocycles. The fourth-order valence-corrected chi connectivity index (χ4v) is 2.62. The van der Waals surface area contributed by atoms with E-state index in [0.29, 0.717) is 6.54 Å². The van der Waals surface area contributed by atoms with Gasteiger partial charge >= 0.3 is 0 Å². The molecule has 0 bridgehead atoms. The minimum absolute atomic E-state index is 0.0876. The Morgan fingerprint density at radius 1 is 1.29 bits per heavy atom. The van der Waals surface area contributed by atoms with Crippen LogP contribution in [0.2, 0.25) is 0 Å². The maximum absolute atomic E-state index is 11.9. The van der Waals surface area contributed by atoms with Gasteiger partial charge in [-0.25, -0.2) is 0 Å². The van der Waals surface area contributed by atoms with Crippen LogP contribution in [-0.4, -0.2) is 47.7 Å². The number of piperidine rings is 1. The van der Waals surface area contributed by atoms with Crippen molar-refractivity contribution in [3.05, 3.63) is 35.9 Å². The summed E-state index contributed by atoms with van der Waals surface area (Å²) in [7, 11) is 0. The lowest BCUT2D eigenvalue weighted by Crippen LogP contribution is -2.46. The normalized spacial score (nSPS) is 18.4. The molecule has 1 amide bonds. The summed E-state index contributed by atoms with van der Waals surface area (Å²) in [6, 6.07) is 10.3. The topological polar surface area (TPSA) is 52.6 Å². The highest BCUT2D eigenvalue weighted by Gasteiger charge is 2.27. The van der Waals surface area contributed by atoms with Gasteiger partial charge in [0.05, 0.1) is 12.1 Å². The standard InChI is InChI=1S/C17H26N2O2/c1-17(21)9-12-19(13-10-17)14-16(20)18-11-5-8-15-6-3-2-4-7-15/h2-4,6-7,21H,5,8-14H2,1H3,(H,18,20). The number of benzene rings is 1. The number of nitrogens with one attached hydrogen (secondary N) is 1. The molecule has 1 heterocycles. The average Bonchev–Trinajstić information content (AvgIpc) is 2.47. The van der Waals surface area contributed by atoms with Gasteiger partial charge in [0.25, 0.3) is 0 Å². The molecule has 1 aromatic carbocycles. The second-order valence-electron chi connectivity index (χ2n) is 6.21. The first kappa shape index (κ1) is 16.0. The van der Waals surface area contributed by atoms with Crippen molar-refractivity contribution in [3.8, 4) is 0 Å². The Kier molecular flexibility index (Phi) is 5.76. The Bertz CT molecular complexity index is 435. The summed E-state index contributed by atoms with van der Waals surface area (Å²) < 4.78 is 0. The van der Waals surface area contributed by atoms with Gasteiger partial charge in [-0.3, -0.25) is 9.69 Å². The lowest BCUT2D eigenvalue weighted by atomic mass is 9.94. The van der Waals surface area contributed by atoms with Crippen LogP contribution in [0.25, 0.3) is 0 Å². The molecule has 2 rings (SSSR count). The predicted octanol–water partition coefficient (Wildman–Crippen LogP) is 1.58. The summed E-state index contributed by atoms with van der Waals surface area (Å²) in [6.07, 6.45) is 3.45. The number of hydrogen-bond acceptors (Lipinski definition) is 3. The summed E-state index contributed by atoms with van der Waals surface area (Å²) >= 11 is 0. The third kappa shape index (κ3) is 5.86. The van der Waals surface area contributed by atoms with Gasteiger partial charge in [0.1, 0.15) is 0 Å². The van der Waals surface area contributed by atoms with Crippen molar-refractivity contribution in [3.63, 3.8) is 0 Å². The minimum atomic E-state index is -0.553. The molecule has 0 spiro atoms. The second kappa shape index (κ2) is 7.57. The molecule has 4 heteroatoms. The van der Waals surface area contributed by atoms with Gasteiger partial charge < -0.3 is 10.4 Å². The van der Waals surface area contributed by atoms with Crippen molar-refractivity contribution in [1.29, 1.82) is 0 Å². The van der Waals surface area contributed by atoms with Gasteiger partial charge in [0.15, 0.2) is 0 Å². The molecule has 4 nitrogen and oxygen atoms in total. The van der Waals surface area contributed by atoms with Crippen molar-refractivity contribution < 1.29 is 9.90 Å². The maximum atomic E-state index is 11.9. The first-order valence-corrected chi connectivity index (χ1v) is 7.80. The quantitative estimate of drug-likeness (QED) is 0.782. The van der Waals surface area contributed by atoms with Gasteiger partial charge in [-0.05, 0) is 38.2 Å². The highest BCUT2D eigenvalue weighted by molar-refractivity contribution is 5.77. The summed E-state index contributed by atoms with van der Waals surface area (Å²) in [5, 5.41) is 12.9. The third-order valence-electron chi connectivity index (χ3n) is 4.11. The van der Waals surface area contributed by atoms with Crippen LogP contribution in [0.4, 0.5) is 0 Å². The van der Waals surface area contributed by atoms with Crippen LogP contribution in [0, 0.1) is 0 Å². The Labute approximate surface area is 127 Å². The van der Waals surface area contributed by atoms with E-state index in [0.717, 1.165) is 45.3 Å². The van der Waals surface area contributed by atoms with Crippen LogP contribution in [0.15, 0.2) is 30.3 Å². The summed E-state index contributed by atoms with van der Waals surface area (Å²) in [4.78, 5) is 14.0. The van der Waals surface area contributed by atoms with Gasteiger partial charge in [-0.1, -0.05) is 30.3 Å². The Morgan fingerprint density at radius 3 is 2.62 bits per heavy atom. The molecule has 2 N–H and O–H groups in total. The number of rotatable bonds is 6. The van der Waals surface area contributed by atoms with E-state index in [-0.39, 0.29) is 5.91 Å². The fraction of sp³-hybridized carbons (Fsp3) is 0.588. The van der Waals surface area contributed by atoms with E-state index >= 15 is 0 Å². The first-order chi connectivity index (χ1) is 10.1. The van der Waals surface area contributed by atoms with E-state index in [1.807, 2.05) is 25.1 Å². The van der Waals surface area contributed by atoms with Crippen LogP contribution in [0.1, 0.15) is 31.7 Å². The van der Waals surface area contributed by atoms with Gasteiger partial charge in [0, 0.05) is 19.6 Å². The molecule has 1 aliphatic heterocycles. The number of carbonyl (C=O) groups is 1. The second-order valence-corrected chi connectivity index (χ2v) is 6.21. The maximum Gasteiger partial charge on any atom is 0.234 e. The molecule has 0 aliphatic carbocycles. The number of aliphatic hydroxyl groups is 1. The van der Waals surface area contributed by atoms with Crippen LogP contribution in [0.3, 0.4) is 0 Å². The molecule has 0 radical (unpaired) electrons. The molecular weight excluding hydrogens is 264 g/mol. The molecule has 0 saturated carbocycles. The van der Waals surface area contributed by atoms with Gasteiger partial charge in [0.2, 0.25) is 5.91 Å². The molecule has 1 aliphatic rings. The summed E-state index contributed by atoms with van der Waals surface area (Å²) in [6.45, 7) is 4.63. The summed E-state index contributed by atoms with van der Waals surface area (Å²) in [5.41, 5.74) is 0.757. The highest BCUT2D eigenvalue weighted by Crippen LogP contribution is 2.20. The minimum Gasteiger partial charge on any atom is -0.390 e. The van der Waals surface area contributed by atoms with Crippen LogP contribution < -0.4 is 5.32 Å². The van der Waals surface area contributed by atoms with Crippen molar-refractivity contribution in [2.24, 2.45) is 0 Å². The Balaban J connectivity index is 1.58. The largest absolute Gasteiger partial charge is 0.390 e. The van der Waals surface area contributed by atoms with Crippen molar-refractivity contribution in [2.45, 2.75) is 38.2 Å². The molecule has 116 valence electrons. The van der Waals surface area contributed by atoms with E-state index in [2.05, 4.69) is 22.3 Å². The molecule has 1 saturated heterocycles. The third-order valence-corrected chi connectivity index (χ3v) is 4.11. The molecule has 1 aromatic rings. The molecule has 1 fully saturated rings. The van der Waals surface area contributed by atoms with E-state index < -0.39 is 5.60 Å². The van der Waals surface area contributed by atoms with Crippen LogP contribution >= 0.6 is 0 Å². The zero-order valence-electron chi connectivity index (χ0n) is 12.8. The predicted molar refractivity (Wildman–Crippen MR) is 84.1 cm³/mol. The zero-order valence-corrected chi connectivity index (χ0v) is 12.8. The highest BCUT2D eigenvalue weighted by atomic mass is 16.3. The lowest BCUT2D eigenvalue weighted by molar-refractivity contribution is -0.123. The smallest absolute Gasteiger partial charge is 0.234 e. The first-order valence-electron chi connectivity index (χ1n) is 7.80. The number of hydrogen-bond donors (Lipinski definition) is 2. The number of nitrogens with zero attached hydrogens (tertiary/aromatic N) is 1. The van der Waals surface area contributed by atoms with Crippen molar-refractivity contribution in [1.82, 2.24) is 10.2 Å². The SMILES string of the molecule is CC1(O)CCN(CC(=O)NCCCc2ccccc2)CC1. The number of carbonyl (C=O) groups excluding carboxylic acids is 1. The van der Waals surface area contributed by atoms with Crippen molar-refractivity contribution in [2.75, 3.05) is 26.2 Å². The Hall–Kier alpha value is -1.39. The van der Waals surface area contributed by atoms with Crippen LogP contribution in [0.5, 0.6) is 0 Å². The summed E-state index contributed by atoms with van der Waals surface area (Å²) in [5.74, 6) is 0.0876. The number of amides is 1. The average molecular weight is 290 g/mol. The molecule has 21 heavy (non-hydrogen) atoms. The molecule has 0 unspecified atom stereocenters. The zero-order chi connectivity index (χ0) is 15.1. The lowest BCUT2D eigenvalue weighted by Gasteiger charge is -2.35. The number of likely N-dealkylation sites (tertiary alicyclic amines) is 1. The van der Waals surface area contributed by atoms with Gasteiger partial charge in [-0.2, -0.15) is 0 Å². The van der Waals surface area contributed by atoms with Crippen LogP contribution in [-0.2, 0) is 11.2 Å². The van der Waals surface area contributed by atoms with E-state index in [1.54, 1.807) is 0 Å². The van der Waals surface area contributed by atoms with Gasteiger partial charge in [-0.15, -0.1) is 0 Å². The van der Waals surface area contributed by atoms with E-state index in [1.165, 1.54) is 5.56 Å². The van der Waals surface area contributed by atoms with Crippen molar-refractivity contribution >= 4 is 5.91 Å². The van der Waals surface area contributed by atoms with E-state index in [4.69, 9.17) is 0 Å². The number of aryl methyl sites for hydroxylation is 1. The monoisotopic (exact) mass is 290 g/mol. The fourth-order valence-electron chi connectivity index (χ4n) is 2.62. The molecular formula is C17H26N2O2. The Morgan fingerprint density at radius 2 is 1.95 bits per heavy atom.